The Bertz CT molecular complexity index is 771. The average Bonchev–Trinajstić information content (AvgIpc) is 2.92. The van der Waals surface area contributed by atoms with Gasteiger partial charge in [0.1, 0.15) is 18.3 Å². The van der Waals surface area contributed by atoms with Crippen LogP contribution in [-0.4, -0.2) is 58.1 Å². The van der Waals surface area contributed by atoms with Crippen molar-refractivity contribution in [3.8, 4) is 0 Å². The molecule has 0 aliphatic carbocycles. The van der Waals surface area contributed by atoms with E-state index in [4.69, 9.17) is 24.7 Å². The summed E-state index contributed by atoms with van der Waals surface area (Å²) in [5.41, 5.74) is 4.50. The second-order valence-corrected chi connectivity index (χ2v) is 6.47. The summed E-state index contributed by atoms with van der Waals surface area (Å²) in [5.74, 6) is -0.643. The molecule has 3 heterocycles. The van der Waals surface area contributed by atoms with Crippen molar-refractivity contribution in [1.82, 2.24) is 9.55 Å². The minimum Gasteiger partial charge on any atom is -0.444 e. The molecule has 0 radical (unpaired) electrons. The molecule has 150 valence electrons. The molecule has 0 aromatic carbocycles. The van der Waals surface area contributed by atoms with E-state index in [0.717, 1.165) is 23.5 Å². The molecule has 0 saturated carbocycles. The molecule has 1 aromatic heterocycles. The van der Waals surface area contributed by atoms with Gasteiger partial charge in [0.2, 0.25) is 0 Å². The number of ether oxygens (including phenoxy) is 4. The SMILES string of the molecule is CC(=O)OC(N)[C@H]1O[C@@H](n2ccc(=O)[nH]c2=O)[C@H](OC2CCCCO2)[C@@H]1O. The fourth-order valence-electron chi connectivity index (χ4n) is 3.20. The van der Waals surface area contributed by atoms with Gasteiger partial charge in [0.05, 0.1) is 0 Å². The first kappa shape index (κ1) is 19.7. The number of hydrogen-bond donors (Lipinski definition) is 3. The summed E-state index contributed by atoms with van der Waals surface area (Å²) in [6.45, 7) is 1.70. The molecule has 0 amide bonds. The van der Waals surface area contributed by atoms with Crippen molar-refractivity contribution >= 4 is 5.97 Å². The fraction of sp³-hybridized carbons (Fsp3) is 0.688. The van der Waals surface area contributed by atoms with Gasteiger partial charge in [-0.3, -0.25) is 24.9 Å². The van der Waals surface area contributed by atoms with Gasteiger partial charge in [0.25, 0.3) is 5.56 Å². The number of esters is 1. The van der Waals surface area contributed by atoms with Crippen molar-refractivity contribution in [2.75, 3.05) is 6.61 Å². The first-order chi connectivity index (χ1) is 12.9. The van der Waals surface area contributed by atoms with Crippen LogP contribution in [-0.2, 0) is 23.7 Å². The lowest BCUT2D eigenvalue weighted by molar-refractivity contribution is -0.215. The molecule has 2 saturated heterocycles. The molecule has 6 atom stereocenters. The van der Waals surface area contributed by atoms with Gasteiger partial charge in [0, 0.05) is 25.8 Å². The lowest BCUT2D eigenvalue weighted by atomic mass is 10.1. The first-order valence-corrected chi connectivity index (χ1v) is 8.71. The molecule has 11 heteroatoms. The van der Waals surface area contributed by atoms with Crippen LogP contribution in [0.4, 0.5) is 0 Å². The molecule has 3 rings (SSSR count). The van der Waals surface area contributed by atoms with Crippen molar-refractivity contribution in [2.24, 2.45) is 5.73 Å². The molecule has 27 heavy (non-hydrogen) atoms. The van der Waals surface area contributed by atoms with E-state index < -0.39 is 54.3 Å². The van der Waals surface area contributed by atoms with Gasteiger partial charge in [-0.05, 0) is 19.3 Å². The smallest absolute Gasteiger partial charge is 0.330 e. The molecule has 2 unspecified atom stereocenters. The first-order valence-electron chi connectivity index (χ1n) is 8.71. The number of H-pyrrole nitrogens is 1. The maximum atomic E-state index is 12.2. The molecule has 2 fully saturated rings. The van der Waals surface area contributed by atoms with Crippen LogP contribution >= 0.6 is 0 Å². The molecular formula is C16H23N3O8. The van der Waals surface area contributed by atoms with Crippen molar-refractivity contribution in [2.45, 2.75) is 63.2 Å². The summed E-state index contributed by atoms with van der Waals surface area (Å²) in [7, 11) is 0. The Balaban J connectivity index is 1.87. The van der Waals surface area contributed by atoms with E-state index in [1.165, 1.54) is 13.1 Å². The summed E-state index contributed by atoms with van der Waals surface area (Å²) < 4.78 is 23.1. The number of aliphatic hydroxyl groups excluding tert-OH is 1. The Kier molecular flexibility index (Phi) is 6.07. The normalized spacial score (nSPS) is 32.2. The predicted molar refractivity (Wildman–Crippen MR) is 89.4 cm³/mol. The maximum Gasteiger partial charge on any atom is 0.330 e. The van der Waals surface area contributed by atoms with Crippen LogP contribution in [0, 0.1) is 0 Å². The van der Waals surface area contributed by atoms with Crippen LogP contribution in [0.15, 0.2) is 21.9 Å². The minimum absolute atomic E-state index is 0.522. The highest BCUT2D eigenvalue weighted by Gasteiger charge is 2.50. The second kappa shape index (κ2) is 8.31. The van der Waals surface area contributed by atoms with E-state index >= 15 is 0 Å². The van der Waals surface area contributed by atoms with Crippen molar-refractivity contribution in [3.05, 3.63) is 33.1 Å². The zero-order chi connectivity index (χ0) is 19.6. The van der Waals surface area contributed by atoms with Crippen LogP contribution < -0.4 is 17.0 Å². The van der Waals surface area contributed by atoms with E-state index in [9.17, 15) is 19.5 Å². The molecule has 0 bridgehead atoms. The molecule has 11 nitrogen and oxygen atoms in total. The van der Waals surface area contributed by atoms with Crippen molar-refractivity contribution < 1.29 is 28.8 Å². The Morgan fingerprint density at radius 2 is 2.22 bits per heavy atom. The molecule has 2 aliphatic rings. The maximum absolute atomic E-state index is 12.2. The number of aromatic nitrogens is 2. The molecule has 4 N–H and O–H groups in total. The topological polar surface area (TPSA) is 155 Å². The van der Waals surface area contributed by atoms with Gasteiger partial charge in [-0.15, -0.1) is 0 Å². The summed E-state index contributed by atoms with van der Waals surface area (Å²) in [4.78, 5) is 36.8. The molecule has 1 aromatic rings. The van der Waals surface area contributed by atoms with E-state index in [1.54, 1.807) is 0 Å². The van der Waals surface area contributed by atoms with Crippen LogP contribution in [0.1, 0.15) is 32.4 Å². The number of nitrogens with zero attached hydrogens (tertiary/aromatic N) is 1. The highest BCUT2D eigenvalue weighted by molar-refractivity contribution is 5.66. The zero-order valence-corrected chi connectivity index (χ0v) is 14.8. The van der Waals surface area contributed by atoms with Gasteiger partial charge in [-0.25, -0.2) is 4.79 Å². The van der Waals surface area contributed by atoms with Gasteiger partial charge in [-0.2, -0.15) is 0 Å². The number of rotatable bonds is 5. The largest absolute Gasteiger partial charge is 0.444 e. The summed E-state index contributed by atoms with van der Waals surface area (Å²) in [5, 5.41) is 10.7. The number of aliphatic hydroxyl groups is 1. The number of aromatic amines is 1. The quantitative estimate of drug-likeness (QED) is 0.408. The van der Waals surface area contributed by atoms with E-state index in [0.29, 0.717) is 13.0 Å². The average molecular weight is 385 g/mol. The summed E-state index contributed by atoms with van der Waals surface area (Å²) in [6.07, 6.45) is -2.73. The van der Waals surface area contributed by atoms with Crippen molar-refractivity contribution in [3.63, 3.8) is 0 Å². The number of nitrogens with one attached hydrogen (secondary N) is 1. The summed E-state index contributed by atoms with van der Waals surface area (Å²) >= 11 is 0. The van der Waals surface area contributed by atoms with Crippen LogP contribution in [0.2, 0.25) is 0 Å². The Morgan fingerprint density at radius 1 is 1.44 bits per heavy atom. The third-order valence-corrected chi connectivity index (χ3v) is 4.45. The lowest BCUT2D eigenvalue weighted by Gasteiger charge is -2.29. The molecule has 0 spiro atoms. The number of hydrogen-bond acceptors (Lipinski definition) is 9. The third-order valence-electron chi connectivity index (χ3n) is 4.45. The third kappa shape index (κ3) is 4.45. The Hall–Kier alpha value is -2.05. The Morgan fingerprint density at radius 3 is 2.85 bits per heavy atom. The van der Waals surface area contributed by atoms with Gasteiger partial charge in [-0.1, -0.05) is 0 Å². The highest BCUT2D eigenvalue weighted by Crippen LogP contribution is 2.34. The highest BCUT2D eigenvalue weighted by atomic mass is 16.7. The van der Waals surface area contributed by atoms with Crippen molar-refractivity contribution in [1.29, 1.82) is 0 Å². The number of carbonyl (C=O) groups excluding carboxylic acids is 1. The van der Waals surface area contributed by atoms with Crippen LogP contribution in [0.5, 0.6) is 0 Å². The van der Waals surface area contributed by atoms with Crippen LogP contribution in [0.3, 0.4) is 0 Å². The standard InChI is InChI=1S/C16H23N3O8/c1-8(20)25-14(17)12-11(22)13(26-10-4-2-3-7-24-10)15(27-12)19-6-5-9(21)18-16(19)23/h5-6,10-15,22H,2-4,7,17H2,1H3,(H,18,21,23)/t10?,11-,12+,13-,14?,15-/m1/s1. The van der Waals surface area contributed by atoms with E-state index in [2.05, 4.69) is 4.98 Å². The predicted octanol–water partition coefficient (Wildman–Crippen LogP) is -1.45. The summed E-state index contributed by atoms with van der Waals surface area (Å²) in [6, 6.07) is 1.14. The molecular weight excluding hydrogens is 362 g/mol. The minimum atomic E-state index is -1.30. The number of nitrogens with two attached hydrogens (primary N) is 1. The van der Waals surface area contributed by atoms with Gasteiger partial charge in [0.15, 0.2) is 18.7 Å². The van der Waals surface area contributed by atoms with Gasteiger partial charge < -0.3 is 24.1 Å². The fourth-order valence-corrected chi connectivity index (χ4v) is 3.20. The monoisotopic (exact) mass is 385 g/mol. The molecule has 2 aliphatic heterocycles. The van der Waals surface area contributed by atoms with Gasteiger partial charge >= 0.3 is 11.7 Å². The van der Waals surface area contributed by atoms with E-state index in [1.807, 2.05) is 0 Å². The van der Waals surface area contributed by atoms with Crippen LogP contribution in [0.25, 0.3) is 0 Å². The van der Waals surface area contributed by atoms with E-state index in [-0.39, 0.29) is 0 Å². The second-order valence-electron chi connectivity index (χ2n) is 6.47. The lowest BCUT2D eigenvalue weighted by Crippen LogP contribution is -2.47. The number of carbonyl (C=O) groups is 1. The Labute approximate surface area is 154 Å². The zero-order valence-electron chi connectivity index (χ0n) is 14.8.